The zero-order valence-corrected chi connectivity index (χ0v) is 12.1. The zero-order valence-electron chi connectivity index (χ0n) is 11.3. The molecule has 0 atom stereocenters. The molecule has 0 aliphatic heterocycles. The Labute approximate surface area is 118 Å². The van der Waals surface area contributed by atoms with E-state index < -0.39 is 10.0 Å². The van der Waals surface area contributed by atoms with Crippen LogP contribution in [-0.2, 0) is 10.0 Å². The van der Waals surface area contributed by atoms with Crippen LogP contribution in [0.1, 0.15) is 13.3 Å². The third-order valence-corrected chi connectivity index (χ3v) is 4.91. The van der Waals surface area contributed by atoms with Crippen LogP contribution in [0.3, 0.4) is 0 Å². The quantitative estimate of drug-likeness (QED) is 0.651. The molecule has 0 radical (unpaired) electrons. The van der Waals surface area contributed by atoms with Crippen molar-refractivity contribution in [3.63, 3.8) is 0 Å². The molecule has 0 bridgehead atoms. The van der Waals surface area contributed by atoms with Gasteiger partial charge in [-0.15, -0.1) is 6.42 Å². The molecule has 0 fully saturated rings. The number of nitrogen functional groups attached to an aromatic ring is 1. The van der Waals surface area contributed by atoms with E-state index in [1.54, 1.807) is 18.2 Å². The maximum atomic E-state index is 12.7. The van der Waals surface area contributed by atoms with Crippen LogP contribution in [0.4, 0.5) is 5.69 Å². The van der Waals surface area contributed by atoms with Crippen LogP contribution in [0.5, 0.6) is 0 Å². The first-order valence-electron chi connectivity index (χ1n) is 6.31. The van der Waals surface area contributed by atoms with Gasteiger partial charge in [0.2, 0.25) is 10.0 Å². The van der Waals surface area contributed by atoms with Gasteiger partial charge in [-0.05, 0) is 24.6 Å². The Morgan fingerprint density at radius 2 is 2.20 bits per heavy atom. The molecule has 3 N–H and O–H groups in total. The van der Waals surface area contributed by atoms with Crippen molar-refractivity contribution in [3.05, 3.63) is 24.4 Å². The Balaban J connectivity index is 2.56. The largest absolute Gasteiger partial charge is 0.399 e. The van der Waals surface area contributed by atoms with Crippen LogP contribution in [0.2, 0.25) is 0 Å². The highest BCUT2D eigenvalue weighted by atomic mass is 32.2. The summed E-state index contributed by atoms with van der Waals surface area (Å²) in [6.07, 6.45) is 7.45. The van der Waals surface area contributed by atoms with Crippen molar-refractivity contribution < 1.29 is 8.42 Å². The van der Waals surface area contributed by atoms with Crippen LogP contribution in [-0.4, -0.2) is 30.8 Å². The molecule has 5 nitrogen and oxygen atoms in total. The SMILES string of the molecule is C#CCN(CCC)S(=O)(=O)c1c[nH]c2ccc(N)cc12. The van der Waals surface area contributed by atoms with Crippen LogP contribution in [0, 0.1) is 12.3 Å². The lowest BCUT2D eigenvalue weighted by Crippen LogP contribution is -2.32. The molecule has 0 saturated heterocycles. The Kier molecular flexibility index (Phi) is 4.02. The standard InChI is InChI=1S/C14H17N3O2S/c1-3-7-17(8-4-2)20(18,19)14-10-16-13-6-5-11(15)9-12(13)14/h1,5-6,9-10,16H,4,7-8,15H2,2H3. The number of aromatic amines is 1. The molecule has 0 unspecified atom stereocenters. The summed E-state index contributed by atoms with van der Waals surface area (Å²) in [6.45, 7) is 2.36. The fraction of sp³-hybridized carbons (Fsp3) is 0.286. The molecule has 1 heterocycles. The number of terminal acetylenes is 1. The predicted molar refractivity (Wildman–Crippen MR) is 80.6 cm³/mol. The number of fused-ring (bicyclic) bond motifs is 1. The number of rotatable bonds is 5. The number of H-pyrrole nitrogens is 1. The van der Waals surface area contributed by atoms with Gasteiger partial charge in [0.25, 0.3) is 0 Å². The van der Waals surface area contributed by atoms with Gasteiger partial charge in [-0.3, -0.25) is 0 Å². The molecule has 106 valence electrons. The maximum Gasteiger partial charge on any atom is 0.246 e. The van der Waals surface area contributed by atoms with E-state index in [1.165, 1.54) is 10.5 Å². The van der Waals surface area contributed by atoms with E-state index >= 15 is 0 Å². The van der Waals surface area contributed by atoms with Crippen molar-refractivity contribution >= 4 is 26.6 Å². The Morgan fingerprint density at radius 3 is 2.85 bits per heavy atom. The number of aromatic nitrogens is 1. The van der Waals surface area contributed by atoms with Crippen molar-refractivity contribution in [3.8, 4) is 12.3 Å². The molecule has 0 amide bonds. The van der Waals surface area contributed by atoms with E-state index in [0.29, 0.717) is 24.0 Å². The Morgan fingerprint density at radius 1 is 1.45 bits per heavy atom. The molecule has 1 aromatic carbocycles. The highest BCUT2D eigenvalue weighted by Crippen LogP contribution is 2.27. The van der Waals surface area contributed by atoms with Gasteiger partial charge in [-0.25, -0.2) is 8.42 Å². The minimum Gasteiger partial charge on any atom is -0.399 e. The van der Waals surface area contributed by atoms with Crippen molar-refractivity contribution in [1.82, 2.24) is 9.29 Å². The van der Waals surface area contributed by atoms with Gasteiger partial charge in [-0.1, -0.05) is 12.8 Å². The molecule has 0 aliphatic rings. The number of nitrogens with zero attached hydrogens (tertiary/aromatic N) is 1. The minimum absolute atomic E-state index is 0.0607. The van der Waals surface area contributed by atoms with Crippen LogP contribution < -0.4 is 5.73 Å². The van der Waals surface area contributed by atoms with Gasteiger partial charge in [-0.2, -0.15) is 4.31 Å². The number of nitrogens with one attached hydrogen (secondary N) is 1. The summed E-state index contributed by atoms with van der Waals surface area (Å²) in [5, 5.41) is 0.586. The number of anilines is 1. The second kappa shape index (κ2) is 5.57. The third kappa shape index (κ3) is 2.50. The number of benzene rings is 1. The lowest BCUT2D eigenvalue weighted by atomic mass is 10.2. The average molecular weight is 291 g/mol. The lowest BCUT2D eigenvalue weighted by molar-refractivity contribution is 0.446. The van der Waals surface area contributed by atoms with Crippen LogP contribution in [0.15, 0.2) is 29.3 Å². The van der Waals surface area contributed by atoms with Crippen molar-refractivity contribution in [2.75, 3.05) is 18.8 Å². The van der Waals surface area contributed by atoms with Crippen molar-refractivity contribution in [2.45, 2.75) is 18.2 Å². The molecule has 0 saturated carbocycles. The first-order valence-corrected chi connectivity index (χ1v) is 7.75. The third-order valence-electron chi connectivity index (χ3n) is 3.03. The maximum absolute atomic E-state index is 12.7. The molecule has 2 rings (SSSR count). The zero-order chi connectivity index (χ0) is 14.8. The Bertz CT molecular complexity index is 756. The van der Waals surface area contributed by atoms with Gasteiger partial charge < -0.3 is 10.7 Å². The molecule has 0 spiro atoms. The highest BCUT2D eigenvalue weighted by molar-refractivity contribution is 7.89. The van der Waals surface area contributed by atoms with Gasteiger partial charge >= 0.3 is 0 Å². The van der Waals surface area contributed by atoms with Crippen molar-refractivity contribution in [1.29, 1.82) is 0 Å². The van der Waals surface area contributed by atoms with Crippen LogP contribution in [0.25, 0.3) is 10.9 Å². The van der Waals surface area contributed by atoms with E-state index in [1.807, 2.05) is 6.92 Å². The van der Waals surface area contributed by atoms with E-state index in [9.17, 15) is 8.42 Å². The van der Waals surface area contributed by atoms with E-state index in [2.05, 4.69) is 10.9 Å². The summed E-state index contributed by atoms with van der Waals surface area (Å²) >= 11 is 0. The summed E-state index contributed by atoms with van der Waals surface area (Å²) < 4.78 is 26.6. The topological polar surface area (TPSA) is 79.2 Å². The number of sulfonamides is 1. The summed E-state index contributed by atoms with van der Waals surface area (Å²) in [6, 6.07) is 5.13. The number of hydrogen-bond donors (Lipinski definition) is 2. The first kappa shape index (κ1) is 14.4. The fourth-order valence-corrected chi connectivity index (χ4v) is 3.70. The highest BCUT2D eigenvalue weighted by Gasteiger charge is 2.26. The molecule has 1 aromatic heterocycles. The van der Waals surface area contributed by atoms with Gasteiger partial charge in [0.15, 0.2) is 0 Å². The van der Waals surface area contributed by atoms with E-state index in [4.69, 9.17) is 12.2 Å². The molecule has 6 heteroatoms. The number of nitrogens with two attached hydrogens (primary N) is 1. The normalized spacial score (nSPS) is 11.8. The van der Waals surface area contributed by atoms with Crippen LogP contribution >= 0.6 is 0 Å². The first-order chi connectivity index (χ1) is 9.50. The summed E-state index contributed by atoms with van der Waals surface area (Å²) in [5.74, 6) is 2.39. The minimum atomic E-state index is -3.62. The van der Waals surface area contributed by atoms with Gasteiger partial charge in [0.1, 0.15) is 4.90 Å². The average Bonchev–Trinajstić information content (AvgIpc) is 2.82. The summed E-state index contributed by atoms with van der Waals surface area (Å²) in [7, 11) is -3.62. The second-order valence-corrected chi connectivity index (χ2v) is 6.41. The van der Waals surface area contributed by atoms with E-state index in [0.717, 1.165) is 5.52 Å². The molecule has 2 aromatic rings. The van der Waals surface area contributed by atoms with Gasteiger partial charge in [0, 0.05) is 29.3 Å². The molecule has 20 heavy (non-hydrogen) atoms. The molecule has 0 aliphatic carbocycles. The van der Waals surface area contributed by atoms with Crippen molar-refractivity contribution in [2.24, 2.45) is 0 Å². The van der Waals surface area contributed by atoms with E-state index in [-0.39, 0.29) is 11.4 Å². The molecular formula is C14H17N3O2S. The smallest absolute Gasteiger partial charge is 0.246 e. The fourth-order valence-electron chi connectivity index (χ4n) is 2.10. The summed E-state index contributed by atoms with van der Waals surface area (Å²) in [4.78, 5) is 3.16. The predicted octanol–water partition coefficient (Wildman–Crippen LogP) is 1.78. The lowest BCUT2D eigenvalue weighted by Gasteiger charge is -2.18. The van der Waals surface area contributed by atoms with Gasteiger partial charge in [0.05, 0.1) is 6.54 Å². The monoisotopic (exact) mass is 291 g/mol. The summed E-state index contributed by atoms with van der Waals surface area (Å²) in [5.41, 5.74) is 6.99. The number of hydrogen-bond acceptors (Lipinski definition) is 3. The Hall–Kier alpha value is -1.97. The molecular weight excluding hydrogens is 274 g/mol. The second-order valence-electron chi connectivity index (χ2n) is 4.50.